The third kappa shape index (κ3) is 7.24. The lowest BCUT2D eigenvalue weighted by atomic mass is 10.1. The fourth-order valence-electron chi connectivity index (χ4n) is 4.14. The van der Waals surface area contributed by atoms with Gasteiger partial charge in [-0.2, -0.15) is 5.10 Å². The summed E-state index contributed by atoms with van der Waals surface area (Å²) in [5, 5.41) is 13.6. The van der Waals surface area contributed by atoms with Gasteiger partial charge in [-0.1, -0.05) is 89.6 Å². The van der Waals surface area contributed by atoms with Gasteiger partial charge in [-0.15, -0.1) is 10.2 Å². The molecule has 0 aliphatic rings. The normalized spacial score (nSPS) is 11.0. The Morgan fingerprint density at radius 1 is 0.905 bits per heavy atom. The second-order valence-corrected chi connectivity index (χ2v) is 10.6. The number of amides is 1. The molecule has 0 fully saturated rings. The predicted octanol–water partition coefficient (Wildman–Crippen LogP) is 6.38. The van der Waals surface area contributed by atoms with E-state index in [4.69, 9.17) is 9.47 Å². The summed E-state index contributed by atoms with van der Waals surface area (Å²) >= 11 is 1.30. The Morgan fingerprint density at radius 3 is 2.33 bits per heavy atom. The third-order valence-corrected chi connectivity index (χ3v) is 7.32. The number of carbonyl (C=O) groups is 1. The number of methoxy groups -OCH3 is 1. The highest BCUT2D eigenvalue weighted by Crippen LogP contribution is 2.29. The zero-order valence-electron chi connectivity index (χ0n) is 23.7. The van der Waals surface area contributed by atoms with Gasteiger partial charge in [0.1, 0.15) is 6.61 Å². The minimum atomic E-state index is -0.263. The smallest absolute Gasteiger partial charge is 0.250 e. The maximum Gasteiger partial charge on any atom is 0.250 e. The van der Waals surface area contributed by atoms with Crippen LogP contribution in [0.3, 0.4) is 0 Å². The van der Waals surface area contributed by atoms with Crippen molar-refractivity contribution in [1.82, 2.24) is 20.2 Å². The molecule has 0 aliphatic carbocycles. The van der Waals surface area contributed by atoms with Gasteiger partial charge < -0.3 is 9.47 Å². The SMILES string of the molecule is COc1cc(/C=N\NC(=O)CSc2nnc(-c3ccc(C)cc3)n2-c2ccc(C)cc2)ccc1OCc1ccccc1. The number of benzene rings is 4. The number of nitrogens with one attached hydrogen (secondary N) is 1. The van der Waals surface area contributed by atoms with Gasteiger partial charge in [-0.05, 0) is 55.3 Å². The van der Waals surface area contributed by atoms with E-state index in [2.05, 4.69) is 20.7 Å². The molecule has 0 unspecified atom stereocenters. The first-order valence-electron chi connectivity index (χ1n) is 13.4. The summed E-state index contributed by atoms with van der Waals surface area (Å²) in [5.41, 5.74) is 8.60. The molecular formula is C33H31N5O3S. The number of aromatic nitrogens is 3. The summed E-state index contributed by atoms with van der Waals surface area (Å²) in [6, 6.07) is 31.7. The van der Waals surface area contributed by atoms with Crippen molar-refractivity contribution in [1.29, 1.82) is 0 Å². The van der Waals surface area contributed by atoms with Crippen LogP contribution in [0.5, 0.6) is 11.5 Å². The van der Waals surface area contributed by atoms with E-state index in [0.29, 0.717) is 29.1 Å². The highest BCUT2D eigenvalue weighted by Gasteiger charge is 2.17. The molecule has 0 radical (unpaired) electrons. The number of ether oxygens (including phenoxy) is 2. The van der Waals surface area contributed by atoms with Gasteiger partial charge >= 0.3 is 0 Å². The molecule has 8 nitrogen and oxygen atoms in total. The third-order valence-electron chi connectivity index (χ3n) is 6.40. The molecule has 1 heterocycles. The first-order valence-corrected chi connectivity index (χ1v) is 14.4. The van der Waals surface area contributed by atoms with Gasteiger partial charge in [0.15, 0.2) is 22.5 Å². The van der Waals surface area contributed by atoms with Gasteiger partial charge in [0.25, 0.3) is 5.91 Å². The highest BCUT2D eigenvalue weighted by atomic mass is 32.2. The van der Waals surface area contributed by atoms with Crippen molar-refractivity contribution in [2.24, 2.45) is 5.10 Å². The van der Waals surface area contributed by atoms with Crippen molar-refractivity contribution >= 4 is 23.9 Å². The molecule has 1 amide bonds. The lowest BCUT2D eigenvalue weighted by Gasteiger charge is -2.11. The Hall–Kier alpha value is -4.89. The number of hydrogen-bond donors (Lipinski definition) is 1. The highest BCUT2D eigenvalue weighted by molar-refractivity contribution is 7.99. The standard InChI is InChI=1S/C33H31N5O3S/c1-23-9-14-27(15-10-23)32-36-37-33(38(32)28-16-11-24(2)12-17-28)42-22-31(39)35-34-20-26-13-18-29(30(19-26)40-3)41-21-25-7-5-4-6-8-25/h4-20H,21-22H2,1-3H3,(H,35,39)/b34-20-. The second-order valence-electron chi connectivity index (χ2n) is 9.61. The van der Waals surface area contributed by atoms with Crippen LogP contribution in [0.4, 0.5) is 0 Å². The van der Waals surface area contributed by atoms with Crippen molar-refractivity contribution in [2.45, 2.75) is 25.6 Å². The first-order chi connectivity index (χ1) is 20.5. The van der Waals surface area contributed by atoms with Crippen LogP contribution in [0.25, 0.3) is 17.1 Å². The fourth-order valence-corrected chi connectivity index (χ4v) is 4.88. The van der Waals surface area contributed by atoms with Crippen LogP contribution in [-0.4, -0.2) is 39.7 Å². The largest absolute Gasteiger partial charge is 0.493 e. The molecule has 0 saturated heterocycles. The molecule has 0 spiro atoms. The lowest BCUT2D eigenvalue weighted by molar-refractivity contribution is -0.118. The number of thioether (sulfide) groups is 1. The van der Waals surface area contributed by atoms with E-state index in [0.717, 1.165) is 33.5 Å². The lowest BCUT2D eigenvalue weighted by Crippen LogP contribution is -2.20. The molecule has 5 rings (SSSR count). The Kier molecular flexibility index (Phi) is 9.30. The van der Waals surface area contributed by atoms with Crippen LogP contribution < -0.4 is 14.9 Å². The monoisotopic (exact) mass is 577 g/mol. The van der Waals surface area contributed by atoms with Gasteiger partial charge in [-0.25, -0.2) is 5.43 Å². The molecule has 0 saturated carbocycles. The summed E-state index contributed by atoms with van der Waals surface area (Å²) in [4.78, 5) is 12.7. The molecule has 0 bridgehead atoms. The van der Waals surface area contributed by atoms with Crippen LogP contribution in [0.15, 0.2) is 107 Å². The predicted molar refractivity (Wildman–Crippen MR) is 166 cm³/mol. The fraction of sp³-hybridized carbons (Fsp3) is 0.152. The number of hydrazone groups is 1. The quantitative estimate of drug-likeness (QED) is 0.111. The Labute approximate surface area is 249 Å². The molecule has 9 heteroatoms. The summed E-state index contributed by atoms with van der Waals surface area (Å²) in [7, 11) is 1.59. The van der Waals surface area contributed by atoms with Gasteiger partial charge in [0, 0.05) is 11.3 Å². The van der Waals surface area contributed by atoms with E-state index < -0.39 is 0 Å². The Balaban J connectivity index is 1.23. The van der Waals surface area contributed by atoms with Crippen molar-refractivity contribution in [3.05, 3.63) is 119 Å². The van der Waals surface area contributed by atoms with Crippen LogP contribution in [-0.2, 0) is 11.4 Å². The first kappa shape index (κ1) is 28.6. The number of nitrogens with zero attached hydrogens (tertiary/aromatic N) is 4. The maximum absolute atomic E-state index is 12.7. The van der Waals surface area contributed by atoms with Crippen molar-refractivity contribution in [2.75, 3.05) is 12.9 Å². The average molecular weight is 578 g/mol. The summed E-state index contributed by atoms with van der Waals surface area (Å²) in [6.07, 6.45) is 1.57. The number of aryl methyl sites for hydroxylation is 2. The van der Waals surface area contributed by atoms with Gasteiger partial charge in [0.05, 0.1) is 19.1 Å². The molecule has 0 aliphatic heterocycles. The van der Waals surface area contributed by atoms with Crippen LogP contribution in [0, 0.1) is 13.8 Å². The van der Waals surface area contributed by atoms with Crippen LogP contribution in [0.2, 0.25) is 0 Å². The molecule has 1 aromatic heterocycles. The van der Waals surface area contributed by atoms with E-state index in [1.807, 2.05) is 109 Å². The zero-order chi connectivity index (χ0) is 29.3. The van der Waals surface area contributed by atoms with Crippen molar-refractivity contribution in [3.63, 3.8) is 0 Å². The minimum Gasteiger partial charge on any atom is -0.493 e. The summed E-state index contributed by atoms with van der Waals surface area (Å²) < 4.78 is 13.4. The van der Waals surface area contributed by atoms with Crippen LogP contribution >= 0.6 is 11.8 Å². The van der Waals surface area contributed by atoms with E-state index in [1.54, 1.807) is 19.4 Å². The second kappa shape index (κ2) is 13.6. The number of hydrogen-bond acceptors (Lipinski definition) is 7. The minimum absolute atomic E-state index is 0.116. The summed E-state index contributed by atoms with van der Waals surface area (Å²) in [6.45, 7) is 4.52. The topological polar surface area (TPSA) is 90.6 Å². The molecular weight excluding hydrogens is 546 g/mol. The molecule has 0 atom stereocenters. The summed E-state index contributed by atoms with van der Waals surface area (Å²) in [5.74, 6) is 1.77. The van der Waals surface area contributed by atoms with E-state index in [9.17, 15) is 4.79 Å². The van der Waals surface area contributed by atoms with E-state index >= 15 is 0 Å². The molecule has 5 aromatic rings. The van der Waals surface area contributed by atoms with Gasteiger partial charge in [-0.3, -0.25) is 9.36 Å². The molecule has 212 valence electrons. The number of rotatable bonds is 11. The Bertz CT molecular complexity index is 1670. The van der Waals surface area contributed by atoms with Gasteiger partial charge in [0.2, 0.25) is 0 Å². The number of carbonyl (C=O) groups excluding carboxylic acids is 1. The maximum atomic E-state index is 12.7. The molecule has 1 N–H and O–H groups in total. The van der Waals surface area contributed by atoms with Crippen molar-refractivity contribution in [3.8, 4) is 28.6 Å². The Morgan fingerprint density at radius 2 is 1.62 bits per heavy atom. The van der Waals surface area contributed by atoms with Crippen molar-refractivity contribution < 1.29 is 14.3 Å². The molecule has 4 aromatic carbocycles. The van der Waals surface area contributed by atoms with E-state index in [1.165, 1.54) is 11.8 Å². The molecule has 42 heavy (non-hydrogen) atoms. The van der Waals surface area contributed by atoms with E-state index in [-0.39, 0.29) is 11.7 Å². The van der Waals surface area contributed by atoms with Crippen LogP contribution in [0.1, 0.15) is 22.3 Å². The average Bonchev–Trinajstić information content (AvgIpc) is 3.44. The zero-order valence-corrected chi connectivity index (χ0v) is 24.5.